The first kappa shape index (κ1) is 44.6. The second-order valence-electron chi connectivity index (χ2n) is 21.0. The zero-order valence-corrected chi connectivity index (χ0v) is 42.7. The molecule has 0 N–H and O–H groups in total. The van der Waals surface area contributed by atoms with E-state index in [9.17, 15) is 0 Å². The van der Waals surface area contributed by atoms with Gasteiger partial charge in [0.15, 0.2) is 5.82 Å². The Labute approximate surface area is 447 Å². The van der Waals surface area contributed by atoms with Crippen molar-refractivity contribution < 1.29 is 0 Å². The molecule has 0 amide bonds. The van der Waals surface area contributed by atoms with E-state index in [4.69, 9.17) is 9.97 Å². The molecule has 0 spiro atoms. The second-order valence-corrected chi connectivity index (χ2v) is 21.0. The lowest BCUT2D eigenvalue weighted by atomic mass is 9.82. The summed E-state index contributed by atoms with van der Waals surface area (Å²) in [5, 5.41) is 4.92. The third-order valence-corrected chi connectivity index (χ3v) is 16.2. The van der Waals surface area contributed by atoms with Crippen LogP contribution in [0.2, 0.25) is 0 Å². The lowest BCUT2D eigenvalue weighted by Gasteiger charge is -2.22. The van der Waals surface area contributed by atoms with Gasteiger partial charge in [0.2, 0.25) is 0 Å². The SMILES string of the molecule is CC1(C)c2ccccc2-c2ccc(-n3c4ccccc4c4ccc(-c5ccc6c7ccccc7n(-c7ccc(-c8nc(-c9ccc(-c%10ccccc%10)cc9)cc(-c9ccc(-c%10ccccc%10)cc9)n8)cc7)c6c5)cc43)cc21. The highest BCUT2D eigenvalue weighted by molar-refractivity contribution is 6.12. The van der Waals surface area contributed by atoms with E-state index in [1.54, 1.807) is 0 Å². The van der Waals surface area contributed by atoms with Crippen molar-refractivity contribution >= 4 is 43.6 Å². The molecule has 77 heavy (non-hydrogen) atoms. The van der Waals surface area contributed by atoms with Gasteiger partial charge in [0.05, 0.1) is 33.5 Å². The maximum absolute atomic E-state index is 5.28. The molecule has 0 aliphatic heterocycles. The summed E-state index contributed by atoms with van der Waals surface area (Å²) in [6.45, 7) is 4.72. The maximum atomic E-state index is 5.28. The molecule has 4 nitrogen and oxygen atoms in total. The van der Waals surface area contributed by atoms with E-state index in [-0.39, 0.29) is 5.41 Å². The van der Waals surface area contributed by atoms with Gasteiger partial charge in [-0.25, -0.2) is 9.97 Å². The van der Waals surface area contributed by atoms with Crippen LogP contribution < -0.4 is 0 Å². The summed E-state index contributed by atoms with van der Waals surface area (Å²) in [6, 6.07) is 96.8. The van der Waals surface area contributed by atoms with Crippen molar-refractivity contribution in [2.24, 2.45) is 0 Å². The Kier molecular flexibility index (Phi) is 10.2. The average Bonchev–Trinajstić information content (AvgIpc) is 4.15. The maximum Gasteiger partial charge on any atom is 0.160 e. The van der Waals surface area contributed by atoms with Crippen molar-refractivity contribution in [3.8, 4) is 89.8 Å². The highest BCUT2D eigenvalue weighted by Gasteiger charge is 2.35. The van der Waals surface area contributed by atoms with Gasteiger partial charge in [-0.05, 0) is 122 Å². The lowest BCUT2D eigenvalue weighted by molar-refractivity contribution is 0.660. The molecule has 15 rings (SSSR count). The monoisotopic (exact) mass is 982 g/mol. The van der Waals surface area contributed by atoms with Crippen LogP contribution in [0.25, 0.3) is 133 Å². The van der Waals surface area contributed by atoms with E-state index >= 15 is 0 Å². The summed E-state index contributed by atoms with van der Waals surface area (Å²) in [5.41, 5.74) is 24.0. The fraction of sp³-hybridized carbons (Fsp3) is 0.0411. The highest BCUT2D eigenvalue weighted by atomic mass is 15.0. The molecular formula is C73H50N4. The van der Waals surface area contributed by atoms with Gasteiger partial charge in [-0.1, -0.05) is 214 Å². The topological polar surface area (TPSA) is 35.6 Å². The van der Waals surface area contributed by atoms with Gasteiger partial charge in [-0.15, -0.1) is 0 Å². The van der Waals surface area contributed by atoms with Crippen LogP contribution in [0.15, 0.2) is 267 Å². The lowest BCUT2D eigenvalue weighted by Crippen LogP contribution is -2.15. The summed E-state index contributed by atoms with van der Waals surface area (Å²) in [5.74, 6) is 0.675. The number of nitrogens with zero attached hydrogens (tertiary/aromatic N) is 4. The van der Waals surface area contributed by atoms with Crippen molar-refractivity contribution in [1.82, 2.24) is 19.1 Å². The number of aromatic nitrogens is 4. The van der Waals surface area contributed by atoms with Crippen LogP contribution in [0.3, 0.4) is 0 Å². The van der Waals surface area contributed by atoms with Crippen molar-refractivity contribution in [1.29, 1.82) is 0 Å². The Balaban J connectivity index is 0.824. The molecule has 0 fully saturated rings. The fourth-order valence-corrected chi connectivity index (χ4v) is 12.2. The molecule has 3 aromatic heterocycles. The first-order valence-corrected chi connectivity index (χ1v) is 26.5. The summed E-state index contributed by atoms with van der Waals surface area (Å²) in [4.78, 5) is 10.6. The van der Waals surface area contributed by atoms with E-state index in [1.807, 2.05) is 0 Å². The van der Waals surface area contributed by atoms with Crippen LogP contribution in [0.5, 0.6) is 0 Å². The van der Waals surface area contributed by atoms with Crippen LogP contribution >= 0.6 is 0 Å². The molecule has 1 aliphatic carbocycles. The van der Waals surface area contributed by atoms with Crippen LogP contribution in [-0.2, 0) is 5.41 Å². The first-order chi connectivity index (χ1) is 37.9. The van der Waals surface area contributed by atoms with E-state index < -0.39 is 0 Å². The molecule has 14 aromatic rings. The Morgan fingerprint density at radius 3 is 1.23 bits per heavy atom. The zero-order chi connectivity index (χ0) is 51.2. The molecule has 0 atom stereocenters. The molecule has 362 valence electrons. The number of benzene rings is 11. The number of rotatable bonds is 8. The molecule has 1 aliphatic rings. The average molecular weight is 983 g/mol. The van der Waals surface area contributed by atoms with Gasteiger partial charge in [0.25, 0.3) is 0 Å². The van der Waals surface area contributed by atoms with Crippen LogP contribution in [0.4, 0.5) is 0 Å². The zero-order valence-electron chi connectivity index (χ0n) is 42.7. The second kappa shape index (κ2) is 17.6. The molecule has 0 bridgehead atoms. The van der Waals surface area contributed by atoms with Crippen LogP contribution in [0.1, 0.15) is 25.0 Å². The smallest absolute Gasteiger partial charge is 0.160 e. The van der Waals surface area contributed by atoms with E-state index in [2.05, 4.69) is 290 Å². The van der Waals surface area contributed by atoms with Gasteiger partial charge in [-0.3, -0.25) is 0 Å². The minimum atomic E-state index is -0.102. The minimum Gasteiger partial charge on any atom is -0.309 e. The Bertz CT molecular complexity index is 4500. The third-order valence-electron chi connectivity index (χ3n) is 16.2. The molecule has 3 heterocycles. The predicted octanol–water partition coefficient (Wildman–Crippen LogP) is 19.0. The number of para-hydroxylation sites is 2. The minimum absolute atomic E-state index is 0.102. The Hall–Kier alpha value is -9.90. The molecule has 11 aromatic carbocycles. The largest absolute Gasteiger partial charge is 0.309 e. The van der Waals surface area contributed by atoms with Gasteiger partial charge >= 0.3 is 0 Å². The number of hydrogen-bond donors (Lipinski definition) is 0. The quantitative estimate of drug-likeness (QED) is 0.152. The predicted molar refractivity (Wildman–Crippen MR) is 321 cm³/mol. The molecule has 0 saturated carbocycles. The summed E-state index contributed by atoms with van der Waals surface area (Å²) in [6.07, 6.45) is 0. The van der Waals surface area contributed by atoms with Crippen molar-refractivity contribution in [2.45, 2.75) is 19.3 Å². The molecule has 0 saturated heterocycles. The summed E-state index contributed by atoms with van der Waals surface area (Å²) < 4.78 is 4.87. The Morgan fingerprint density at radius 1 is 0.273 bits per heavy atom. The fourth-order valence-electron chi connectivity index (χ4n) is 12.2. The van der Waals surface area contributed by atoms with Crippen molar-refractivity contribution in [2.75, 3.05) is 0 Å². The van der Waals surface area contributed by atoms with Crippen molar-refractivity contribution in [3.63, 3.8) is 0 Å². The van der Waals surface area contributed by atoms with Gasteiger partial charge in [-0.2, -0.15) is 0 Å². The Morgan fingerprint density at radius 2 is 0.675 bits per heavy atom. The number of fused-ring (bicyclic) bond motifs is 9. The van der Waals surface area contributed by atoms with Crippen molar-refractivity contribution in [3.05, 3.63) is 278 Å². The number of hydrogen-bond acceptors (Lipinski definition) is 2. The van der Waals surface area contributed by atoms with Gasteiger partial charge in [0, 0.05) is 55.0 Å². The molecular weight excluding hydrogens is 933 g/mol. The van der Waals surface area contributed by atoms with Gasteiger partial charge < -0.3 is 9.13 Å². The third kappa shape index (κ3) is 7.36. The standard InChI is InChI=1S/C73H50N4/c1-73(2)64-22-12-9-19-58(64)59-42-39-57(45-65(59)73)77-69-24-14-11-21-61(69)63-41-36-55(44-71(63)77)54-35-40-62-60-20-10-13-23-68(60)76(70(62)43-54)56-37-33-53(34-38-56)72-74-66(51-29-25-49(26-30-51)47-15-5-3-6-16-47)46-67(75-72)52-31-27-50(28-32-52)48-17-7-4-8-18-48/h3-46H,1-2H3. The molecule has 4 heteroatoms. The summed E-state index contributed by atoms with van der Waals surface area (Å²) in [7, 11) is 0. The summed E-state index contributed by atoms with van der Waals surface area (Å²) >= 11 is 0. The van der Waals surface area contributed by atoms with E-state index in [0.717, 1.165) is 50.4 Å². The van der Waals surface area contributed by atoms with Crippen LogP contribution in [-0.4, -0.2) is 19.1 Å². The van der Waals surface area contributed by atoms with E-state index in [0.29, 0.717) is 5.82 Å². The molecule has 0 radical (unpaired) electrons. The van der Waals surface area contributed by atoms with Gasteiger partial charge in [0.1, 0.15) is 0 Å². The van der Waals surface area contributed by atoms with Crippen LogP contribution in [0, 0.1) is 0 Å². The van der Waals surface area contributed by atoms with E-state index in [1.165, 1.54) is 88.3 Å². The normalized spacial score (nSPS) is 12.6. The highest BCUT2D eigenvalue weighted by Crippen LogP contribution is 2.50. The first-order valence-electron chi connectivity index (χ1n) is 26.5. The molecule has 0 unspecified atom stereocenters.